The molecule has 2 aliphatic rings. The molecule has 174 valence electrons. The van der Waals surface area contributed by atoms with Crippen molar-refractivity contribution in [3.05, 3.63) is 29.4 Å². The molecule has 2 saturated heterocycles. The molecule has 4 rings (SSSR count). The largest absolute Gasteiger partial charge is 0.381 e. The fourth-order valence-electron chi connectivity index (χ4n) is 4.33. The first-order chi connectivity index (χ1) is 15.2. The predicted octanol–water partition coefficient (Wildman–Crippen LogP) is 3.28. The van der Waals surface area contributed by atoms with Gasteiger partial charge in [-0.25, -0.2) is 18.5 Å². The van der Waals surface area contributed by atoms with Crippen molar-refractivity contribution in [2.75, 3.05) is 43.6 Å². The Balaban J connectivity index is 1.50. The monoisotopic (exact) mass is 496 g/mol. The highest BCUT2D eigenvalue weighted by Crippen LogP contribution is 2.42. The average molecular weight is 497 g/mol. The summed E-state index contributed by atoms with van der Waals surface area (Å²) in [5.41, 5.74) is 12.7. The molecule has 2 fully saturated rings. The van der Waals surface area contributed by atoms with Crippen LogP contribution >= 0.6 is 23.4 Å². The third-order valence-corrected chi connectivity index (χ3v) is 10.1. The average Bonchev–Trinajstić information content (AvgIpc) is 3.05. The molecule has 0 bridgehead atoms. The fourth-order valence-corrected chi connectivity index (χ4v) is 6.85. The lowest BCUT2D eigenvalue weighted by atomic mass is 9.73. The molecule has 4 N–H and O–H groups in total. The van der Waals surface area contributed by atoms with E-state index in [0.29, 0.717) is 25.7 Å². The van der Waals surface area contributed by atoms with E-state index in [-0.39, 0.29) is 17.6 Å². The van der Waals surface area contributed by atoms with Gasteiger partial charge in [0.25, 0.3) is 0 Å². The van der Waals surface area contributed by atoms with E-state index >= 15 is 0 Å². The van der Waals surface area contributed by atoms with Gasteiger partial charge in [0.2, 0.25) is 0 Å². The summed E-state index contributed by atoms with van der Waals surface area (Å²) in [6, 6.07) is 5.44. The van der Waals surface area contributed by atoms with Crippen LogP contribution in [-0.2, 0) is 14.5 Å². The SMILES string of the molecule is CN=S(C)(=O)c1cccc(Sc2ncc(N3CCC4(CC3)CO[C@@H](C)[C@H]4N)nc2N)c1Cl. The molecule has 11 heteroatoms. The molecule has 1 unspecified atom stereocenters. The first-order valence-corrected chi connectivity index (χ1v) is 13.6. The van der Waals surface area contributed by atoms with Crippen molar-refractivity contribution in [2.24, 2.45) is 15.5 Å². The van der Waals surface area contributed by atoms with Crippen LogP contribution in [0.3, 0.4) is 0 Å². The Kier molecular flexibility index (Phi) is 6.61. The number of aromatic nitrogens is 2. The lowest BCUT2D eigenvalue weighted by Crippen LogP contribution is -2.50. The Hall–Kier alpha value is -1.59. The number of anilines is 2. The zero-order valence-corrected chi connectivity index (χ0v) is 20.8. The second-order valence-electron chi connectivity index (χ2n) is 8.47. The zero-order valence-electron chi connectivity index (χ0n) is 18.5. The third-order valence-electron chi connectivity index (χ3n) is 6.57. The van der Waals surface area contributed by atoms with Gasteiger partial charge in [-0.2, -0.15) is 0 Å². The number of halogens is 1. The number of benzene rings is 1. The number of hydrogen-bond acceptors (Lipinski definition) is 9. The van der Waals surface area contributed by atoms with Crippen molar-refractivity contribution in [2.45, 2.75) is 46.7 Å². The summed E-state index contributed by atoms with van der Waals surface area (Å²) in [6.07, 6.45) is 5.33. The van der Waals surface area contributed by atoms with Crippen LogP contribution in [0.1, 0.15) is 19.8 Å². The molecular weight excluding hydrogens is 468 g/mol. The highest BCUT2D eigenvalue weighted by Gasteiger charge is 2.47. The molecule has 1 aromatic carbocycles. The van der Waals surface area contributed by atoms with Crippen LogP contribution in [0.2, 0.25) is 5.02 Å². The van der Waals surface area contributed by atoms with E-state index in [9.17, 15) is 4.21 Å². The first-order valence-electron chi connectivity index (χ1n) is 10.5. The van der Waals surface area contributed by atoms with E-state index < -0.39 is 9.73 Å². The number of nitrogens with zero attached hydrogens (tertiary/aromatic N) is 4. The third kappa shape index (κ3) is 4.31. The van der Waals surface area contributed by atoms with Crippen molar-refractivity contribution in [1.29, 1.82) is 0 Å². The van der Waals surface area contributed by atoms with Gasteiger partial charge in [-0.15, -0.1) is 0 Å². The van der Waals surface area contributed by atoms with Crippen molar-refractivity contribution in [1.82, 2.24) is 9.97 Å². The van der Waals surface area contributed by atoms with Gasteiger partial charge < -0.3 is 21.1 Å². The lowest BCUT2D eigenvalue weighted by molar-refractivity contribution is 0.0974. The molecule has 1 spiro atoms. The fraction of sp³-hybridized carbons (Fsp3) is 0.524. The van der Waals surface area contributed by atoms with Crippen LogP contribution in [-0.4, -0.2) is 59.3 Å². The summed E-state index contributed by atoms with van der Waals surface area (Å²) in [4.78, 5) is 12.6. The number of nitrogens with two attached hydrogens (primary N) is 2. The van der Waals surface area contributed by atoms with E-state index in [4.69, 9.17) is 27.8 Å². The summed E-state index contributed by atoms with van der Waals surface area (Å²) in [7, 11) is -1.03. The van der Waals surface area contributed by atoms with Crippen LogP contribution < -0.4 is 16.4 Å². The second kappa shape index (κ2) is 8.98. The number of piperidine rings is 1. The normalized spacial score (nSPS) is 24.5. The molecule has 2 aliphatic heterocycles. The van der Waals surface area contributed by atoms with Crippen LogP contribution in [0.25, 0.3) is 0 Å². The van der Waals surface area contributed by atoms with E-state index in [1.165, 1.54) is 18.8 Å². The number of nitrogen functional groups attached to an aromatic ring is 1. The zero-order chi connectivity index (χ0) is 23.1. The lowest BCUT2D eigenvalue weighted by Gasteiger charge is -2.41. The topological polar surface area (TPSA) is 120 Å². The Bertz CT molecular complexity index is 1130. The minimum absolute atomic E-state index is 0.0509. The van der Waals surface area contributed by atoms with Crippen LogP contribution in [0.15, 0.2) is 43.6 Å². The van der Waals surface area contributed by atoms with Gasteiger partial charge in [0.1, 0.15) is 10.8 Å². The molecule has 3 atom stereocenters. The summed E-state index contributed by atoms with van der Waals surface area (Å²) < 4.78 is 22.4. The van der Waals surface area contributed by atoms with Crippen LogP contribution in [0.5, 0.6) is 0 Å². The maximum atomic E-state index is 12.7. The Morgan fingerprint density at radius 1 is 1.38 bits per heavy atom. The smallest absolute Gasteiger partial charge is 0.158 e. The van der Waals surface area contributed by atoms with E-state index in [0.717, 1.165) is 38.4 Å². The number of hydrogen-bond donors (Lipinski definition) is 2. The highest BCUT2D eigenvalue weighted by atomic mass is 35.5. The van der Waals surface area contributed by atoms with Crippen molar-refractivity contribution < 1.29 is 8.95 Å². The molecule has 2 aromatic rings. The van der Waals surface area contributed by atoms with Gasteiger partial charge in [0, 0.05) is 42.7 Å². The Morgan fingerprint density at radius 3 is 2.69 bits per heavy atom. The molecule has 0 radical (unpaired) electrons. The minimum atomic E-state index is -2.55. The van der Waals surface area contributed by atoms with Gasteiger partial charge in [0.15, 0.2) is 5.82 Å². The summed E-state index contributed by atoms with van der Waals surface area (Å²) in [5, 5.41) is 0.948. The van der Waals surface area contributed by atoms with E-state index in [1.807, 2.05) is 13.0 Å². The van der Waals surface area contributed by atoms with Gasteiger partial charge in [-0.3, -0.25) is 0 Å². The maximum absolute atomic E-state index is 12.7. The van der Waals surface area contributed by atoms with Gasteiger partial charge in [0.05, 0.1) is 38.6 Å². The number of rotatable bonds is 4. The van der Waals surface area contributed by atoms with Crippen molar-refractivity contribution in [3.8, 4) is 0 Å². The maximum Gasteiger partial charge on any atom is 0.158 e. The molecule has 1 aromatic heterocycles. The molecule has 8 nitrogen and oxygen atoms in total. The quantitative estimate of drug-likeness (QED) is 0.661. The van der Waals surface area contributed by atoms with Crippen molar-refractivity contribution >= 4 is 44.7 Å². The molecule has 0 aliphatic carbocycles. The van der Waals surface area contributed by atoms with Crippen molar-refractivity contribution in [3.63, 3.8) is 0 Å². The summed E-state index contributed by atoms with van der Waals surface area (Å²) in [6.45, 7) is 4.45. The molecule has 3 heterocycles. The summed E-state index contributed by atoms with van der Waals surface area (Å²) >= 11 is 7.83. The highest BCUT2D eigenvalue weighted by molar-refractivity contribution is 7.99. The number of ether oxygens (including phenoxy) is 1. The molecule has 0 amide bonds. The van der Waals surface area contributed by atoms with Crippen LogP contribution in [0, 0.1) is 5.41 Å². The van der Waals surface area contributed by atoms with Gasteiger partial charge in [-0.05, 0) is 31.9 Å². The Morgan fingerprint density at radius 2 is 2.09 bits per heavy atom. The summed E-state index contributed by atoms with van der Waals surface area (Å²) in [5.74, 6) is 1.09. The minimum Gasteiger partial charge on any atom is -0.381 e. The van der Waals surface area contributed by atoms with Crippen LogP contribution in [0.4, 0.5) is 11.6 Å². The first kappa shape index (κ1) is 23.6. The second-order valence-corrected chi connectivity index (χ2v) is 12.3. The molecule has 0 saturated carbocycles. The predicted molar refractivity (Wildman–Crippen MR) is 130 cm³/mol. The Labute approximate surface area is 198 Å². The standard InChI is InChI=1S/C21H29ClN6O2S2/c1-13-18(23)21(12-30-13)7-9-28(10-8-21)16-11-26-20(19(24)27-16)31-14-5-4-6-15(17(14)22)32(3,29)25-2/h4-6,11,13,18H,7-10,12,23H2,1-3H3,(H2,24,27)/t13-,18+,32?/m0/s1. The van der Waals surface area contributed by atoms with Gasteiger partial charge >= 0.3 is 0 Å². The van der Waals surface area contributed by atoms with E-state index in [1.54, 1.807) is 24.6 Å². The van der Waals surface area contributed by atoms with E-state index in [2.05, 4.69) is 19.2 Å². The molecule has 32 heavy (non-hydrogen) atoms. The molecular formula is C21H29ClN6O2S2. The van der Waals surface area contributed by atoms with Gasteiger partial charge in [-0.1, -0.05) is 29.4 Å².